The SMILES string of the molecule is CCc1cccc(CC)c1N/C=C(/C#N)C(=O)N(Cc1ccccc1)C(C)C. The second-order valence-corrected chi connectivity index (χ2v) is 6.98. The Bertz CT molecular complexity index is 841. The minimum absolute atomic E-state index is 0.0152. The van der Waals surface area contributed by atoms with Gasteiger partial charge in [0.1, 0.15) is 11.6 Å². The zero-order chi connectivity index (χ0) is 20.5. The van der Waals surface area contributed by atoms with Crippen molar-refractivity contribution in [3.05, 3.63) is 77.0 Å². The van der Waals surface area contributed by atoms with E-state index in [1.807, 2.05) is 50.2 Å². The summed E-state index contributed by atoms with van der Waals surface area (Å²) >= 11 is 0. The van der Waals surface area contributed by atoms with E-state index in [0.717, 1.165) is 24.1 Å². The quantitative estimate of drug-likeness (QED) is 0.518. The molecular weight excluding hydrogens is 346 g/mol. The number of nitrogens with one attached hydrogen (secondary N) is 1. The van der Waals surface area contributed by atoms with Gasteiger partial charge in [-0.15, -0.1) is 0 Å². The van der Waals surface area contributed by atoms with Gasteiger partial charge in [-0.3, -0.25) is 4.79 Å². The molecule has 146 valence electrons. The largest absolute Gasteiger partial charge is 0.360 e. The van der Waals surface area contributed by atoms with Crippen LogP contribution in [0.5, 0.6) is 0 Å². The molecule has 0 bridgehead atoms. The standard InChI is InChI=1S/C24H29N3O/c1-5-20-13-10-14-21(6-2)23(20)26-16-22(15-25)24(28)27(18(3)4)17-19-11-8-7-9-12-19/h7-14,16,18,26H,5-6,17H2,1-4H3/b22-16-. The number of amides is 1. The van der Waals surface area contributed by atoms with Crippen molar-refractivity contribution in [3.63, 3.8) is 0 Å². The van der Waals surface area contributed by atoms with E-state index in [-0.39, 0.29) is 17.5 Å². The minimum atomic E-state index is -0.263. The maximum Gasteiger partial charge on any atom is 0.266 e. The first-order valence-corrected chi connectivity index (χ1v) is 9.84. The van der Waals surface area contributed by atoms with Gasteiger partial charge < -0.3 is 10.2 Å². The highest BCUT2D eigenvalue weighted by atomic mass is 16.2. The lowest BCUT2D eigenvalue weighted by molar-refractivity contribution is -0.129. The lowest BCUT2D eigenvalue weighted by atomic mass is 10.0. The molecular formula is C24H29N3O. The van der Waals surface area contributed by atoms with E-state index in [1.54, 1.807) is 11.1 Å². The van der Waals surface area contributed by atoms with Crippen molar-refractivity contribution >= 4 is 11.6 Å². The van der Waals surface area contributed by atoms with Crippen LogP contribution >= 0.6 is 0 Å². The Kier molecular flexibility index (Phi) is 7.83. The summed E-state index contributed by atoms with van der Waals surface area (Å²) in [7, 11) is 0. The van der Waals surface area contributed by atoms with E-state index < -0.39 is 0 Å². The Morgan fingerprint density at radius 3 is 2.18 bits per heavy atom. The average molecular weight is 376 g/mol. The van der Waals surface area contributed by atoms with Crippen LogP contribution in [-0.2, 0) is 24.2 Å². The van der Waals surface area contributed by atoms with Crippen LogP contribution in [0.2, 0.25) is 0 Å². The lowest BCUT2D eigenvalue weighted by Gasteiger charge is -2.26. The van der Waals surface area contributed by atoms with Gasteiger partial charge in [0.2, 0.25) is 0 Å². The Morgan fingerprint density at radius 1 is 1.07 bits per heavy atom. The third kappa shape index (κ3) is 5.23. The fourth-order valence-electron chi connectivity index (χ4n) is 3.14. The number of rotatable bonds is 8. The highest BCUT2D eigenvalue weighted by Crippen LogP contribution is 2.23. The predicted octanol–water partition coefficient (Wildman–Crippen LogP) is 5.07. The summed E-state index contributed by atoms with van der Waals surface area (Å²) < 4.78 is 0. The van der Waals surface area contributed by atoms with Gasteiger partial charge in [-0.1, -0.05) is 62.4 Å². The predicted molar refractivity (Wildman–Crippen MR) is 115 cm³/mol. The molecule has 0 aromatic heterocycles. The molecule has 1 amide bonds. The number of anilines is 1. The molecule has 4 heteroatoms. The number of carbonyl (C=O) groups excluding carboxylic acids is 1. The molecule has 0 atom stereocenters. The topological polar surface area (TPSA) is 56.1 Å². The summed E-state index contributed by atoms with van der Waals surface area (Å²) in [5.41, 5.74) is 4.49. The van der Waals surface area contributed by atoms with Crippen LogP contribution < -0.4 is 5.32 Å². The zero-order valence-corrected chi connectivity index (χ0v) is 17.2. The van der Waals surface area contributed by atoms with Crippen molar-refractivity contribution in [1.29, 1.82) is 5.26 Å². The van der Waals surface area contributed by atoms with E-state index in [1.165, 1.54) is 11.1 Å². The first kappa shape index (κ1) is 21.2. The monoisotopic (exact) mass is 375 g/mol. The molecule has 0 fully saturated rings. The third-order valence-corrected chi connectivity index (χ3v) is 4.79. The van der Waals surface area contributed by atoms with Crippen molar-refractivity contribution < 1.29 is 4.79 Å². The van der Waals surface area contributed by atoms with E-state index in [0.29, 0.717) is 6.54 Å². The van der Waals surface area contributed by atoms with Gasteiger partial charge in [0.15, 0.2) is 0 Å². The van der Waals surface area contributed by atoms with Gasteiger partial charge in [-0.2, -0.15) is 5.26 Å². The second kappa shape index (κ2) is 10.3. The molecule has 0 saturated carbocycles. The lowest BCUT2D eigenvalue weighted by Crippen LogP contribution is -2.37. The van der Waals surface area contributed by atoms with Crippen molar-refractivity contribution in [2.24, 2.45) is 0 Å². The third-order valence-electron chi connectivity index (χ3n) is 4.79. The van der Waals surface area contributed by atoms with Crippen molar-refractivity contribution in [2.45, 2.75) is 53.1 Å². The molecule has 0 spiro atoms. The van der Waals surface area contributed by atoms with Crippen LogP contribution in [-0.4, -0.2) is 16.8 Å². The van der Waals surface area contributed by atoms with E-state index in [4.69, 9.17) is 0 Å². The van der Waals surface area contributed by atoms with Crippen molar-refractivity contribution in [3.8, 4) is 6.07 Å². The summed E-state index contributed by atoms with van der Waals surface area (Å²) in [5, 5.41) is 12.9. The number of benzene rings is 2. The van der Waals surface area contributed by atoms with Crippen LogP contribution in [0.3, 0.4) is 0 Å². The highest BCUT2D eigenvalue weighted by molar-refractivity contribution is 5.97. The molecule has 0 unspecified atom stereocenters. The fraction of sp³-hybridized carbons (Fsp3) is 0.333. The van der Waals surface area contributed by atoms with E-state index in [9.17, 15) is 10.1 Å². The van der Waals surface area contributed by atoms with Crippen molar-refractivity contribution in [1.82, 2.24) is 4.90 Å². The number of carbonyl (C=O) groups is 1. The van der Waals surface area contributed by atoms with Gasteiger partial charge >= 0.3 is 0 Å². The Morgan fingerprint density at radius 2 is 1.68 bits per heavy atom. The van der Waals surface area contributed by atoms with E-state index in [2.05, 4.69) is 37.4 Å². The molecule has 0 saturated heterocycles. The molecule has 1 N–H and O–H groups in total. The molecule has 0 radical (unpaired) electrons. The highest BCUT2D eigenvalue weighted by Gasteiger charge is 2.21. The molecule has 2 rings (SSSR count). The number of hydrogen-bond donors (Lipinski definition) is 1. The molecule has 0 heterocycles. The van der Waals surface area contributed by atoms with E-state index >= 15 is 0 Å². The van der Waals surface area contributed by atoms with Crippen LogP contribution in [0, 0.1) is 11.3 Å². The fourth-order valence-corrected chi connectivity index (χ4v) is 3.14. The van der Waals surface area contributed by atoms with Gasteiger partial charge in [0.25, 0.3) is 5.91 Å². The summed E-state index contributed by atoms with van der Waals surface area (Å²) in [5.74, 6) is -0.263. The summed E-state index contributed by atoms with van der Waals surface area (Å²) in [4.78, 5) is 14.8. The zero-order valence-electron chi connectivity index (χ0n) is 17.2. The number of para-hydroxylation sites is 1. The average Bonchev–Trinajstić information content (AvgIpc) is 2.72. The van der Waals surface area contributed by atoms with Crippen LogP contribution in [0.15, 0.2) is 60.3 Å². The normalized spacial score (nSPS) is 11.2. The Balaban J connectivity index is 2.28. The van der Waals surface area contributed by atoms with Crippen LogP contribution in [0.25, 0.3) is 0 Å². The molecule has 2 aromatic rings. The summed E-state index contributed by atoms with van der Waals surface area (Å²) in [6.45, 7) is 8.60. The Hall–Kier alpha value is -3.06. The first-order valence-electron chi connectivity index (χ1n) is 9.84. The van der Waals surface area contributed by atoms with Gasteiger partial charge in [-0.25, -0.2) is 0 Å². The van der Waals surface area contributed by atoms with Crippen molar-refractivity contribution in [2.75, 3.05) is 5.32 Å². The summed E-state index contributed by atoms with van der Waals surface area (Å²) in [6.07, 6.45) is 3.31. The number of nitrogens with zero attached hydrogens (tertiary/aromatic N) is 2. The molecule has 28 heavy (non-hydrogen) atoms. The minimum Gasteiger partial charge on any atom is -0.360 e. The summed E-state index contributed by atoms with van der Waals surface area (Å²) in [6, 6.07) is 18.1. The Labute approximate surface area is 168 Å². The molecule has 0 aliphatic carbocycles. The maximum absolute atomic E-state index is 13.0. The van der Waals surface area contributed by atoms with Gasteiger partial charge in [-0.05, 0) is 43.4 Å². The van der Waals surface area contributed by atoms with Gasteiger partial charge in [0.05, 0.1) is 0 Å². The first-order chi connectivity index (χ1) is 13.5. The second-order valence-electron chi connectivity index (χ2n) is 6.98. The maximum atomic E-state index is 13.0. The van der Waals surface area contributed by atoms with Crippen LogP contribution in [0.4, 0.5) is 5.69 Å². The number of hydrogen-bond acceptors (Lipinski definition) is 3. The molecule has 0 aliphatic heterocycles. The van der Waals surface area contributed by atoms with Crippen LogP contribution in [0.1, 0.15) is 44.4 Å². The number of aryl methyl sites for hydroxylation is 2. The molecule has 0 aliphatic rings. The molecule has 2 aromatic carbocycles. The van der Waals surface area contributed by atoms with Gasteiger partial charge in [0, 0.05) is 24.5 Å². The smallest absolute Gasteiger partial charge is 0.266 e. The number of nitriles is 1. The molecule has 4 nitrogen and oxygen atoms in total.